The second-order valence-electron chi connectivity index (χ2n) is 6.29. The van der Waals surface area contributed by atoms with Gasteiger partial charge in [-0.3, -0.25) is 4.98 Å². The van der Waals surface area contributed by atoms with Crippen molar-refractivity contribution in [1.82, 2.24) is 4.98 Å². The van der Waals surface area contributed by atoms with E-state index in [0.717, 1.165) is 16.5 Å². The Labute approximate surface area is 167 Å². The Kier molecular flexibility index (Phi) is 5.18. The summed E-state index contributed by atoms with van der Waals surface area (Å²) in [6.45, 7) is 0.849. The molecular weight excluding hydrogens is 370 g/mol. The summed E-state index contributed by atoms with van der Waals surface area (Å²) in [5.74, 6) is 1.11. The van der Waals surface area contributed by atoms with Gasteiger partial charge in [0, 0.05) is 30.1 Å². The molecule has 7 heteroatoms. The van der Waals surface area contributed by atoms with Gasteiger partial charge >= 0.3 is 0 Å². The fourth-order valence-corrected chi connectivity index (χ4v) is 3.15. The summed E-state index contributed by atoms with van der Waals surface area (Å²) in [5.41, 5.74) is 3.19. The lowest BCUT2D eigenvalue weighted by molar-refractivity contribution is 0.144. The molecule has 2 aromatic carbocycles. The van der Waals surface area contributed by atoms with Crippen LogP contribution < -0.4 is 14.8 Å². The van der Waals surface area contributed by atoms with Gasteiger partial charge < -0.3 is 23.9 Å². The number of hydrogen-bond donors (Lipinski definition) is 1. The van der Waals surface area contributed by atoms with E-state index in [1.165, 1.54) is 0 Å². The van der Waals surface area contributed by atoms with Gasteiger partial charge in [-0.15, -0.1) is 0 Å². The maximum atomic E-state index is 9.63. The van der Waals surface area contributed by atoms with Crippen LogP contribution in [0.4, 0.5) is 11.4 Å². The molecule has 29 heavy (non-hydrogen) atoms. The van der Waals surface area contributed by atoms with Crippen molar-refractivity contribution in [2.24, 2.45) is 0 Å². The van der Waals surface area contributed by atoms with E-state index in [9.17, 15) is 5.26 Å². The van der Waals surface area contributed by atoms with Gasteiger partial charge in [-0.2, -0.15) is 5.26 Å². The van der Waals surface area contributed by atoms with Gasteiger partial charge in [0.25, 0.3) is 0 Å². The van der Waals surface area contributed by atoms with Crippen LogP contribution in [0, 0.1) is 11.3 Å². The van der Waals surface area contributed by atoms with Crippen molar-refractivity contribution in [1.29, 1.82) is 5.26 Å². The van der Waals surface area contributed by atoms with Crippen molar-refractivity contribution in [3.63, 3.8) is 0 Å². The molecule has 0 bridgehead atoms. The van der Waals surface area contributed by atoms with Crippen LogP contribution in [0.25, 0.3) is 21.9 Å². The third kappa shape index (κ3) is 3.53. The molecule has 0 unspecified atom stereocenters. The van der Waals surface area contributed by atoms with Crippen molar-refractivity contribution in [3.8, 4) is 17.6 Å². The quantitative estimate of drug-likeness (QED) is 0.461. The molecule has 1 N–H and O–H groups in total. The van der Waals surface area contributed by atoms with Crippen molar-refractivity contribution in [3.05, 3.63) is 54.4 Å². The van der Waals surface area contributed by atoms with Crippen molar-refractivity contribution in [2.75, 3.05) is 32.8 Å². The van der Waals surface area contributed by atoms with E-state index in [1.54, 1.807) is 32.7 Å². The molecule has 0 fully saturated rings. The highest BCUT2D eigenvalue weighted by Crippen LogP contribution is 2.38. The van der Waals surface area contributed by atoms with Gasteiger partial charge in [-0.05, 0) is 18.2 Å². The Balaban J connectivity index is 1.83. The van der Waals surface area contributed by atoms with Crippen LogP contribution in [0.15, 0.2) is 53.3 Å². The number of pyridine rings is 1. The fraction of sp³-hybridized carbons (Fsp3) is 0.182. The van der Waals surface area contributed by atoms with Crippen LogP contribution >= 0.6 is 0 Å². The smallest absolute Gasteiger partial charge is 0.163 e. The summed E-state index contributed by atoms with van der Waals surface area (Å²) in [5, 5.41) is 14.7. The first-order valence-electron chi connectivity index (χ1n) is 9.01. The number of benzene rings is 2. The zero-order chi connectivity index (χ0) is 20.2. The number of rotatable bonds is 7. The maximum Gasteiger partial charge on any atom is 0.163 e. The molecule has 0 saturated heterocycles. The number of nitriles is 1. The van der Waals surface area contributed by atoms with Gasteiger partial charge in [0.05, 0.1) is 42.4 Å². The number of furan rings is 1. The fourth-order valence-electron chi connectivity index (χ4n) is 3.15. The van der Waals surface area contributed by atoms with Crippen molar-refractivity contribution < 1.29 is 18.6 Å². The number of ether oxygens (including phenoxy) is 3. The van der Waals surface area contributed by atoms with Gasteiger partial charge in [0.15, 0.2) is 17.1 Å². The van der Waals surface area contributed by atoms with Crippen LogP contribution in [-0.2, 0) is 4.74 Å². The predicted octanol–water partition coefficient (Wildman–Crippen LogP) is 4.63. The molecule has 7 nitrogen and oxygen atoms in total. The van der Waals surface area contributed by atoms with Gasteiger partial charge in [0.2, 0.25) is 0 Å². The highest BCUT2D eigenvalue weighted by atomic mass is 16.5. The standard InChI is InChI=1S/C22H19N3O4/c1-26-8-9-28-20-11-18-16(10-19(20)27-2)21(15(12-23)13-24-18)25-17-5-3-4-14-6-7-29-22(14)17/h3-7,10-11,13H,8-9H2,1-2H3,(H,24,25). The van der Waals surface area contributed by atoms with E-state index in [-0.39, 0.29) is 0 Å². The van der Waals surface area contributed by atoms with Crippen LogP contribution in [0.3, 0.4) is 0 Å². The number of anilines is 2. The first-order chi connectivity index (χ1) is 14.2. The lowest BCUT2D eigenvalue weighted by Crippen LogP contribution is -2.05. The first kappa shape index (κ1) is 18.6. The summed E-state index contributed by atoms with van der Waals surface area (Å²) in [6, 6.07) is 13.5. The Morgan fingerprint density at radius 2 is 2.03 bits per heavy atom. The molecule has 0 aliphatic heterocycles. The molecule has 4 aromatic rings. The topological polar surface area (TPSA) is 89.5 Å². The van der Waals surface area contributed by atoms with Gasteiger partial charge in [0.1, 0.15) is 12.7 Å². The summed E-state index contributed by atoms with van der Waals surface area (Å²) in [6.07, 6.45) is 3.18. The van der Waals surface area contributed by atoms with Gasteiger partial charge in [-0.25, -0.2) is 0 Å². The SMILES string of the molecule is COCCOc1cc2ncc(C#N)c(Nc3cccc4ccoc34)c2cc1OC. The minimum absolute atomic E-state index is 0.389. The molecule has 2 aromatic heterocycles. The number of methoxy groups -OCH3 is 2. The molecular formula is C22H19N3O4. The summed E-state index contributed by atoms with van der Waals surface area (Å²) in [4.78, 5) is 4.42. The normalized spacial score (nSPS) is 10.8. The maximum absolute atomic E-state index is 9.63. The summed E-state index contributed by atoms with van der Waals surface area (Å²) >= 11 is 0. The average Bonchev–Trinajstić information content (AvgIpc) is 3.23. The molecule has 0 aliphatic carbocycles. The predicted molar refractivity (Wildman–Crippen MR) is 110 cm³/mol. The molecule has 0 spiro atoms. The third-order valence-electron chi connectivity index (χ3n) is 4.56. The summed E-state index contributed by atoms with van der Waals surface area (Å²) in [7, 11) is 3.19. The third-order valence-corrected chi connectivity index (χ3v) is 4.56. The van der Waals surface area contributed by atoms with E-state index < -0.39 is 0 Å². The van der Waals surface area contributed by atoms with Crippen LogP contribution in [0.2, 0.25) is 0 Å². The molecule has 0 atom stereocenters. The van der Waals surface area contributed by atoms with Crippen LogP contribution in [-0.4, -0.2) is 32.4 Å². The second-order valence-corrected chi connectivity index (χ2v) is 6.29. The Morgan fingerprint density at radius 1 is 1.14 bits per heavy atom. The van der Waals surface area contributed by atoms with Crippen molar-refractivity contribution >= 4 is 33.2 Å². The number of nitrogens with one attached hydrogen (secondary N) is 1. The largest absolute Gasteiger partial charge is 0.493 e. The molecule has 0 aliphatic rings. The Bertz CT molecular complexity index is 1210. The lowest BCUT2D eigenvalue weighted by atomic mass is 10.1. The number of hydrogen-bond acceptors (Lipinski definition) is 7. The highest BCUT2D eigenvalue weighted by Gasteiger charge is 2.16. The number of para-hydroxylation sites is 1. The molecule has 0 saturated carbocycles. The molecule has 0 radical (unpaired) electrons. The van der Waals surface area contributed by atoms with E-state index in [4.69, 9.17) is 18.6 Å². The van der Waals surface area contributed by atoms with Crippen LogP contribution in [0.1, 0.15) is 5.56 Å². The van der Waals surface area contributed by atoms with E-state index in [1.807, 2.05) is 30.3 Å². The Morgan fingerprint density at radius 3 is 2.83 bits per heavy atom. The molecule has 4 rings (SSSR count). The molecule has 2 heterocycles. The molecule has 0 amide bonds. The van der Waals surface area contributed by atoms with Gasteiger partial charge in [-0.1, -0.05) is 12.1 Å². The number of nitrogens with zero attached hydrogens (tertiary/aromatic N) is 2. The van der Waals surface area contributed by atoms with E-state index in [2.05, 4.69) is 16.4 Å². The summed E-state index contributed by atoms with van der Waals surface area (Å²) < 4.78 is 21.9. The first-order valence-corrected chi connectivity index (χ1v) is 9.01. The zero-order valence-corrected chi connectivity index (χ0v) is 16.1. The molecule has 146 valence electrons. The van der Waals surface area contributed by atoms with Crippen molar-refractivity contribution in [2.45, 2.75) is 0 Å². The minimum atomic E-state index is 0.389. The van der Waals surface area contributed by atoms with E-state index in [0.29, 0.717) is 47.1 Å². The number of fused-ring (bicyclic) bond motifs is 2. The van der Waals surface area contributed by atoms with Crippen LogP contribution in [0.5, 0.6) is 11.5 Å². The minimum Gasteiger partial charge on any atom is -0.493 e. The van der Waals surface area contributed by atoms with E-state index >= 15 is 0 Å². The zero-order valence-electron chi connectivity index (χ0n) is 16.1. The lowest BCUT2D eigenvalue weighted by Gasteiger charge is -2.15. The second kappa shape index (κ2) is 8.09. The highest BCUT2D eigenvalue weighted by molar-refractivity contribution is 6.00. The Hall–Kier alpha value is -3.76. The number of aromatic nitrogens is 1. The monoisotopic (exact) mass is 389 g/mol. The average molecular weight is 389 g/mol.